The van der Waals surface area contributed by atoms with Gasteiger partial charge in [-0.15, -0.1) is 0 Å². The van der Waals surface area contributed by atoms with Crippen molar-refractivity contribution < 1.29 is 52.8 Å². The van der Waals surface area contributed by atoms with Crippen LogP contribution in [0.15, 0.2) is 78.9 Å². The van der Waals surface area contributed by atoms with Crippen molar-refractivity contribution in [3.63, 3.8) is 0 Å². The molecule has 1 fully saturated rings. The Kier molecular flexibility index (Phi) is 23.7. The van der Waals surface area contributed by atoms with E-state index < -0.39 is 24.3 Å². The normalized spacial score (nSPS) is 15.4. The Morgan fingerprint density at radius 1 is 0.779 bits per heavy atom. The quantitative estimate of drug-likeness (QED) is 0.0672. The van der Waals surface area contributed by atoms with Crippen LogP contribution in [0.3, 0.4) is 0 Å². The molecule has 0 saturated carbocycles. The van der Waals surface area contributed by atoms with Crippen LogP contribution in [-0.4, -0.2) is 195 Å². The van der Waals surface area contributed by atoms with Crippen LogP contribution in [0.4, 0.5) is 8.78 Å². The summed E-state index contributed by atoms with van der Waals surface area (Å²) in [5, 5.41) is 30.8. The first-order valence-corrected chi connectivity index (χ1v) is 28.8. The van der Waals surface area contributed by atoms with Gasteiger partial charge in [0.2, 0.25) is 0 Å². The number of cyclic esters (lactones) is 1. The Labute approximate surface area is 474 Å². The van der Waals surface area contributed by atoms with Crippen LogP contribution in [-0.2, 0) is 32.2 Å². The maximum Gasteiger partial charge on any atom is 2.00 e. The number of aliphatic hydroxyl groups excluding tert-OH is 3. The van der Waals surface area contributed by atoms with Crippen LogP contribution in [0, 0.1) is 11.6 Å². The maximum atomic E-state index is 13.9. The Morgan fingerprint density at radius 2 is 1.29 bits per heavy atom. The average molecular weight is 1550 g/mol. The van der Waals surface area contributed by atoms with E-state index >= 15 is 0 Å². The van der Waals surface area contributed by atoms with Gasteiger partial charge < -0.3 is 4.74 Å². The van der Waals surface area contributed by atoms with Crippen molar-refractivity contribution in [2.24, 2.45) is 0 Å². The molecule has 5 aromatic rings. The van der Waals surface area contributed by atoms with E-state index in [4.69, 9.17) is 4.74 Å². The van der Waals surface area contributed by atoms with E-state index in [1.807, 2.05) is 48.7 Å². The number of methoxy groups -OCH3 is 1. The van der Waals surface area contributed by atoms with Crippen molar-refractivity contribution in [1.29, 1.82) is 0 Å². The number of esters is 2. The molecule has 68 heavy (non-hydrogen) atoms. The van der Waals surface area contributed by atoms with Crippen molar-refractivity contribution in [2.75, 3.05) is 7.11 Å². The molecule has 0 spiro atoms. The van der Waals surface area contributed by atoms with Gasteiger partial charge >= 0.3 is 463 Å². The molecule has 2 aromatic heterocycles. The zero-order chi connectivity index (χ0) is 49.1. The molecular formula is C49H58CaF2N4O9Pb3+2. The number of benzene rings is 3. The van der Waals surface area contributed by atoms with Crippen molar-refractivity contribution in [1.82, 2.24) is 15.4 Å². The van der Waals surface area contributed by atoms with Crippen LogP contribution in [0.25, 0.3) is 33.6 Å². The molecule has 2 amide bonds. The molecule has 5 N–H and O–H groups in total. The summed E-state index contributed by atoms with van der Waals surface area (Å²) in [6, 6.07) is 22.1. The fraction of sp³-hybridized carbons (Fsp3) is 0.388. The maximum absolute atomic E-state index is 13.9. The van der Waals surface area contributed by atoms with Crippen molar-refractivity contribution in [3.05, 3.63) is 113 Å². The van der Waals surface area contributed by atoms with Crippen molar-refractivity contribution in [3.8, 4) is 33.6 Å². The summed E-state index contributed by atoms with van der Waals surface area (Å²) in [5.74, 6) is -1.73. The van der Waals surface area contributed by atoms with Gasteiger partial charge in [0.05, 0.1) is 7.11 Å². The van der Waals surface area contributed by atoms with Gasteiger partial charge in [-0.3, -0.25) is 4.79 Å². The number of hydrogen-bond acceptors (Lipinski definition) is 9. The number of aromatic nitrogens is 2. The number of amides is 2. The molecule has 3 heterocycles. The predicted octanol–water partition coefficient (Wildman–Crippen LogP) is 4.26. The third kappa shape index (κ3) is 15.0. The van der Waals surface area contributed by atoms with Crippen LogP contribution < -0.4 is 9.38 Å². The molecule has 4 atom stereocenters. The number of nitrogens with one attached hydrogen (secondary N) is 2. The van der Waals surface area contributed by atoms with Gasteiger partial charge in [0.25, 0.3) is 0 Å². The largest absolute Gasteiger partial charge is 2.00 e. The van der Waals surface area contributed by atoms with Gasteiger partial charge in [-0.05, 0) is 0 Å². The van der Waals surface area contributed by atoms with E-state index in [2.05, 4.69) is 29.4 Å². The first-order valence-electron chi connectivity index (χ1n) is 22.1. The van der Waals surface area contributed by atoms with E-state index in [0.717, 1.165) is 53.7 Å². The minimum absolute atomic E-state index is 0. The first kappa shape index (κ1) is 58.4. The Balaban J connectivity index is 0.000000298. The fourth-order valence-electron chi connectivity index (χ4n) is 8.67. The summed E-state index contributed by atoms with van der Waals surface area (Å²) in [6.45, 7) is 9.03. The third-order valence-corrected chi connectivity index (χ3v) is 15.7. The van der Waals surface area contributed by atoms with Crippen molar-refractivity contribution >= 4 is 143 Å². The molecule has 354 valence electrons. The van der Waals surface area contributed by atoms with Crippen LogP contribution >= 0.6 is 0 Å². The molecule has 0 aliphatic carbocycles. The number of ether oxygens (including phenoxy) is 2. The average Bonchev–Trinajstić information content (AvgIpc) is 3.80. The van der Waals surface area contributed by atoms with E-state index in [9.17, 15) is 43.3 Å². The standard InChI is InChI=1S/C28H33FN2O5.C21H24FN2O4.Ca.3Pb.3H/c1-17(2)26-25(28(30)35)24(18-7-5-4-6-8-18)27(19-9-11-20(29)12-10-19)31(26)14-13-21(32)15-22(33)16-23(34)36-3;1-12(2)20-17(21(23)27)11-18(13-3-5-14(22)6-4-13)24(20)8-7-16-9-15(25)10-19(26)28-16;;;;;;;/h4-12,17,21-22,32-33H,13-16H2,1-3H3,(H2,30,35);3-6,12,15-16,25H,7-10H2,1-2H3,(H2,23,27);;;;;;;/q;;+2;;2*+1;;;/p-2/t21-,22-;15-,16-;;;;;;;/m11......./s1. The molecule has 19 heteroatoms. The Bertz CT molecular complexity index is 2510. The van der Waals surface area contributed by atoms with Crippen LogP contribution in [0.5, 0.6) is 0 Å². The minimum Gasteiger partial charge on any atom is 2.00 e. The Morgan fingerprint density at radius 3 is 1.81 bits per heavy atom. The summed E-state index contributed by atoms with van der Waals surface area (Å²) >= 11 is 0.991. The van der Waals surface area contributed by atoms with Gasteiger partial charge in [-0.1, -0.05) is 0 Å². The summed E-state index contributed by atoms with van der Waals surface area (Å²) in [7, 11) is 1.25. The van der Waals surface area contributed by atoms with Gasteiger partial charge in [-0.25, -0.2) is 0 Å². The number of hydrogen-bond donors (Lipinski definition) is 5. The zero-order valence-electron chi connectivity index (χ0n) is 39.0. The number of rotatable bonds is 17. The molecule has 6 rings (SSSR count). The second kappa shape index (κ2) is 27.6. The number of carbonyl (C=O) groups is 4. The summed E-state index contributed by atoms with van der Waals surface area (Å²) < 4.78 is 48.4. The number of halogens is 2. The van der Waals surface area contributed by atoms with Gasteiger partial charge in [0.15, 0.2) is 0 Å². The number of carbonyl (C=O) groups excluding carboxylic acids is 4. The molecule has 1 aliphatic rings. The molecule has 3 aromatic carbocycles. The van der Waals surface area contributed by atoms with E-state index in [-0.39, 0.29) is 137 Å². The Hall–Kier alpha value is -2.13. The number of aliphatic hydroxyl groups is 3. The summed E-state index contributed by atoms with van der Waals surface area (Å²) in [5.41, 5.74) is 8.01. The van der Waals surface area contributed by atoms with E-state index in [0.29, 0.717) is 83.3 Å². The smallest absolute Gasteiger partial charge is 2.00 e. The van der Waals surface area contributed by atoms with E-state index in [1.54, 1.807) is 24.3 Å². The fourth-order valence-corrected chi connectivity index (χ4v) is 12.1. The van der Waals surface area contributed by atoms with Crippen molar-refractivity contribution in [2.45, 2.75) is 116 Å². The molecule has 6 radical (unpaired) electrons. The molecule has 0 bridgehead atoms. The van der Waals surface area contributed by atoms with Gasteiger partial charge in [0, 0.05) is 0 Å². The molecule has 1 saturated heterocycles. The minimum atomic E-state index is -1.03. The number of nitrogens with zero attached hydrogens (tertiary/aromatic N) is 2. The monoisotopic (exact) mass is 1550 g/mol. The summed E-state index contributed by atoms with van der Waals surface area (Å²) in [4.78, 5) is 49.3. The van der Waals surface area contributed by atoms with Gasteiger partial charge in [-0.2, -0.15) is 0 Å². The topological polar surface area (TPSA) is 181 Å². The summed E-state index contributed by atoms with van der Waals surface area (Å²) in [6.07, 6.45) is -1.86. The van der Waals surface area contributed by atoms with Crippen LogP contribution in [0.1, 0.15) is 110 Å². The third-order valence-electron chi connectivity index (χ3n) is 11.5. The molecule has 13 nitrogen and oxygen atoms in total. The second-order valence-corrected chi connectivity index (χ2v) is 21.5. The first-order chi connectivity index (χ1) is 31.9. The van der Waals surface area contributed by atoms with Crippen LogP contribution in [0.2, 0.25) is 0 Å². The molecule has 0 unspecified atom stereocenters. The second-order valence-electron chi connectivity index (χ2n) is 17.1. The molecular weight excluding hydrogens is 1490 g/mol. The zero-order valence-corrected chi connectivity index (χ0v) is 54.7. The van der Waals surface area contributed by atoms with E-state index in [1.165, 1.54) is 31.4 Å². The molecule has 1 aliphatic heterocycles. The SMILES string of the molecule is CC(C)c1c(C(=O)[NH][PbH])[c]([PbH])c(-c2ccc(F)cc2)n1CC[C@@H]1C[C@@H](O)CC(=O)O1.COC(=O)C[C@H](O)C[C@H](O)CCn1c(-c2ccc(F)cc2)c(-c2ccccc2)c(C(=O)[NH][PbH])c1C(C)C.[Ca+2]. The van der Waals surface area contributed by atoms with Gasteiger partial charge in [0.1, 0.15) is 0 Å². The predicted molar refractivity (Wildman–Crippen MR) is 263 cm³/mol.